The smallest absolute Gasteiger partial charge is 0.331 e. The highest BCUT2D eigenvalue weighted by Crippen LogP contribution is 2.38. The number of carbonyl (C=O) groups excluding carboxylic acids is 3. The van der Waals surface area contributed by atoms with Gasteiger partial charge < -0.3 is 20.1 Å². The molecule has 7 nitrogen and oxygen atoms in total. The summed E-state index contributed by atoms with van der Waals surface area (Å²) in [6, 6.07) is 12.7. The third kappa shape index (κ3) is 7.72. The molecular weight excluding hydrogens is 480 g/mol. The molecule has 3 rings (SSSR count). The topological polar surface area (TPSA) is 93.7 Å². The average Bonchev–Trinajstić information content (AvgIpc) is 3.58. The molecule has 194 valence electrons. The van der Waals surface area contributed by atoms with Crippen LogP contribution in [0.25, 0.3) is 0 Å². The minimum absolute atomic E-state index is 0.126. The zero-order valence-corrected chi connectivity index (χ0v) is 22.1. The summed E-state index contributed by atoms with van der Waals surface area (Å²) in [6.07, 6.45) is 2.84. The molecule has 1 fully saturated rings. The Morgan fingerprint density at radius 2 is 1.83 bits per heavy atom. The van der Waals surface area contributed by atoms with Crippen molar-refractivity contribution in [3.63, 3.8) is 0 Å². The average molecular weight is 515 g/mol. The van der Waals surface area contributed by atoms with Crippen LogP contribution in [0.3, 0.4) is 0 Å². The number of hydrogen-bond donors (Lipinski definition) is 2. The minimum Gasteiger partial charge on any atom is -0.464 e. The summed E-state index contributed by atoms with van der Waals surface area (Å²) >= 11 is 6.09. The molecule has 2 aromatic carbocycles. The Morgan fingerprint density at radius 3 is 2.44 bits per heavy atom. The number of benzene rings is 2. The van der Waals surface area contributed by atoms with Gasteiger partial charge in [-0.2, -0.15) is 0 Å². The Labute approximate surface area is 217 Å². The van der Waals surface area contributed by atoms with Crippen LogP contribution in [0.5, 0.6) is 11.5 Å². The van der Waals surface area contributed by atoms with Crippen LogP contribution in [-0.2, 0) is 32.1 Å². The van der Waals surface area contributed by atoms with Crippen molar-refractivity contribution in [2.75, 3.05) is 6.61 Å². The van der Waals surface area contributed by atoms with E-state index in [1.807, 2.05) is 30.3 Å². The predicted octanol–water partition coefficient (Wildman–Crippen LogP) is 5.19. The maximum Gasteiger partial charge on any atom is 0.331 e. The maximum absolute atomic E-state index is 13.5. The fourth-order valence-corrected chi connectivity index (χ4v) is 4.40. The van der Waals surface area contributed by atoms with E-state index < -0.39 is 11.5 Å². The lowest BCUT2D eigenvalue weighted by Gasteiger charge is -2.28. The summed E-state index contributed by atoms with van der Waals surface area (Å²) in [5.74, 6) is 0.253. The van der Waals surface area contributed by atoms with E-state index in [0.717, 1.165) is 11.1 Å². The van der Waals surface area contributed by atoms with Crippen molar-refractivity contribution >= 4 is 29.9 Å². The Bertz CT molecular complexity index is 1090. The Kier molecular flexibility index (Phi) is 9.01. The van der Waals surface area contributed by atoms with Gasteiger partial charge in [0.25, 0.3) is 0 Å². The van der Waals surface area contributed by atoms with Crippen LogP contribution < -0.4 is 15.4 Å². The van der Waals surface area contributed by atoms with Crippen LogP contribution in [0.1, 0.15) is 58.1 Å². The Hall–Kier alpha value is -3.06. The normalized spacial score (nSPS) is 14.9. The van der Waals surface area contributed by atoms with Gasteiger partial charge in [-0.05, 0) is 79.5 Å². The van der Waals surface area contributed by atoms with Crippen molar-refractivity contribution in [3.05, 3.63) is 58.6 Å². The van der Waals surface area contributed by atoms with Gasteiger partial charge in [-0.3, -0.25) is 9.59 Å². The van der Waals surface area contributed by atoms with Gasteiger partial charge in [0, 0.05) is 17.5 Å². The molecule has 2 amide bonds. The second kappa shape index (κ2) is 11.8. The van der Waals surface area contributed by atoms with Crippen LogP contribution >= 0.6 is 11.6 Å². The fraction of sp³-hybridized carbons (Fsp3) is 0.464. The highest BCUT2D eigenvalue weighted by Gasteiger charge is 2.53. The summed E-state index contributed by atoms with van der Waals surface area (Å²) in [5.41, 5.74) is 0.731. The van der Waals surface area contributed by atoms with Crippen LogP contribution in [-0.4, -0.2) is 30.4 Å². The van der Waals surface area contributed by atoms with Gasteiger partial charge in [0.05, 0.1) is 6.61 Å². The molecule has 0 spiro atoms. The number of esters is 1. The molecule has 0 heterocycles. The second-order valence-corrected chi connectivity index (χ2v) is 10.9. The number of amides is 2. The van der Waals surface area contributed by atoms with Gasteiger partial charge in [0.2, 0.25) is 12.3 Å². The van der Waals surface area contributed by atoms with E-state index in [1.54, 1.807) is 19.1 Å². The van der Waals surface area contributed by atoms with E-state index in [2.05, 4.69) is 31.4 Å². The quantitative estimate of drug-likeness (QED) is 0.300. The van der Waals surface area contributed by atoms with E-state index in [9.17, 15) is 14.4 Å². The largest absolute Gasteiger partial charge is 0.464 e. The summed E-state index contributed by atoms with van der Waals surface area (Å²) in [6.45, 7) is 8.60. The summed E-state index contributed by atoms with van der Waals surface area (Å²) in [4.78, 5) is 36.9. The van der Waals surface area contributed by atoms with Crippen molar-refractivity contribution in [1.82, 2.24) is 10.6 Å². The molecule has 36 heavy (non-hydrogen) atoms. The van der Waals surface area contributed by atoms with Crippen molar-refractivity contribution in [3.8, 4) is 11.5 Å². The van der Waals surface area contributed by atoms with Crippen LogP contribution in [0.15, 0.2) is 42.5 Å². The first-order valence-corrected chi connectivity index (χ1v) is 12.6. The van der Waals surface area contributed by atoms with E-state index in [4.69, 9.17) is 21.1 Å². The predicted molar refractivity (Wildman–Crippen MR) is 139 cm³/mol. The molecule has 1 aliphatic carbocycles. The van der Waals surface area contributed by atoms with Gasteiger partial charge in [0.15, 0.2) is 0 Å². The van der Waals surface area contributed by atoms with E-state index in [1.165, 1.54) is 0 Å². The first-order chi connectivity index (χ1) is 17.0. The molecule has 2 aromatic rings. The summed E-state index contributed by atoms with van der Waals surface area (Å²) in [5, 5.41) is 6.26. The lowest BCUT2D eigenvalue weighted by atomic mass is 9.80. The number of nitrogens with one attached hydrogen (secondary N) is 2. The molecule has 1 atom stereocenters. The second-order valence-electron chi connectivity index (χ2n) is 10.4. The van der Waals surface area contributed by atoms with Gasteiger partial charge in [0.1, 0.15) is 17.0 Å². The van der Waals surface area contributed by atoms with Crippen molar-refractivity contribution in [2.45, 2.75) is 65.5 Å². The van der Waals surface area contributed by atoms with E-state index >= 15 is 0 Å². The summed E-state index contributed by atoms with van der Waals surface area (Å²) in [7, 11) is 0. The number of hydrogen-bond acceptors (Lipinski definition) is 5. The molecule has 0 bridgehead atoms. The maximum atomic E-state index is 13.5. The molecule has 1 saturated carbocycles. The SMILES string of the molecule is CCOC(=O)C1(NC(=O)C(Cc2cc(Oc3cccc(Cl)c3)ccc2CNC=O)CC(C)(C)C)CC1. The molecule has 0 saturated heterocycles. The van der Waals surface area contributed by atoms with Gasteiger partial charge in [-0.15, -0.1) is 0 Å². The summed E-state index contributed by atoms with van der Waals surface area (Å²) < 4.78 is 11.2. The third-order valence-corrected chi connectivity index (χ3v) is 6.29. The first-order valence-electron chi connectivity index (χ1n) is 12.3. The van der Waals surface area contributed by atoms with E-state index in [0.29, 0.717) is 55.2 Å². The lowest BCUT2D eigenvalue weighted by molar-refractivity contribution is -0.149. The van der Waals surface area contributed by atoms with E-state index in [-0.39, 0.29) is 23.9 Å². The van der Waals surface area contributed by atoms with Crippen LogP contribution in [0, 0.1) is 11.3 Å². The Balaban J connectivity index is 1.87. The third-order valence-electron chi connectivity index (χ3n) is 6.06. The molecule has 8 heteroatoms. The number of ether oxygens (including phenoxy) is 2. The number of rotatable bonds is 12. The highest BCUT2D eigenvalue weighted by atomic mass is 35.5. The molecule has 0 aromatic heterocycles. The Morgan fingerprint density at radius 1 is 1.11 bits per heavy atom. The number of halogens is 1. The lowest BCUT2D eigenvalue weighted by Crippen LogP contribution is -2.47. The zero-order chi connectivity index (χ0) is 26.3. The van der Waals surface area contributed by atoms with Crippen LogP contribution in [0.2, 0.25) is 5.02 Å². The van der Waals surface area contributed by atoms with Crippen LogP contribution in [0.4, 0.5) is 0 Å². The monoisotopic (exact) mass is 514 g/mol. The van der Waals surface area contributed by atoms with Gasteiger partial charge >= 0.3 is 5.97 Å². The van der Waals surface area contributed by atoms with Crippen molar-refractivity contribution in [1.29, 1.82) is 0 Å². The first kappa shape index (κ1) is 27.5. The fourth-order valence-electron chi connectivity index (χ4n) is 4.22. The minimum atomic E-state index is -0.914. The van der Waals surface area contributed by atoms with Gasteiger partial charge in [-0.25, -0.2) is 4.79 Å². The molecule has 0 radical (unpaired) electrons. The molecule has 1 unspecified atom stereocenters. The highest BCUT2D eigenvalue weighted by molar-refractivity contribution is 6.30. The van der Waals surface area contributed by atoms with Crippen molar-refractivity contribution in [2.24, 2.45) is 11.3 Å². The van der Waals surface area contributed by atoms with Crippen molar-refractivity contribution < 1.29 is 23.9 Å². The molecule has 1 aliphatic rings. The standard InChI is InChI=1S/C28H35ClN2O5/c1-5-35-26(34)28(11-12-28)31-25(33)21(16-27(2,3)4)13-20-14-24(10-9-19(20)17-30-18-32)36-23-8-6-7-22(29)15-23/h6-10,14-15,18,21H,5,11-13,16-17H2,1-4H3,(H,30,32)(H,31,33). The zero-order valence-electron chi connectivity index (χ0n) is 21.4. The van der Waals surface area contributed by atoms with Gasteiger partial charge in [-0.1, -0.05) is 44.5 Å². The molecule has 0 aliphatic heterocycles. The molecular formula is C28H35ClN2O5. The molecule has 2 N–H and O–H groups in total. The number of carbonyl (C=O) groups is 3.